The predicted molar refractivity (Wildman–Crippen MR) is 73.1 cm³/mol. The Bertz CT molecular complexity index is 880. The second kappa shape index (κ2) is 4.49. The zero-order valence-electron chi connectivity index (χ0n) is 10.4. The van der Waals surface area contributed by atoms with Gasteiger partial charge in [-0.25, -0.2) is 13.2 Å². The first-order valence-electron chi connectivity index (χ1n) is 5.85. The third-order valence-corrected chi connectivity index (χ3v) is 3.45. The fourth-order valence-electron chi connectivity index (χ4n) is 2.25. The number of rotatable bonds is 1. The average molecular weight is 294 g/mol. The maximum absolute atomic E-state index is 14.0. The summed E-state index contributed by atoms with van der Waals surface area (Å²) in [7, 11) is 0. The Kier molecular flexibility index (Phi) is 2.90. The smallest absolute Gasteiger partial charge is 0.196 e. The molecule has 3 rings (SSSR count). The van der Waals surface area contributed by atoms with Gasteiger partial charge in [-0.2, -0.15) is 0 Å². The third-order valence-electron chi connectivity index (χ3n) is 3.16. The summed E-state index contributed by atoms with van der Waals surface area (Å²) in [4.78, 5) is 2.92. The second-order valence-electron chi connectivity index (χ2n) is 4.43. The monoisotopic (exact) mass is 294 g/mol. The van der Waals surface area contributed by atoms with E-state index < -0.39 is 17.5 Å². The largest absolute Gasteiger partial charge is 0.330 e. The van der Waals surface area contributed by atoms with Crippen molar-refractivity contribution in [2.24, 2.45) is 0 Å². The van der Waals surface area contributed by atoms with Crippen LogP contribution in [-0.2, 0) is 0 Å². The summed E-state index contributed by atoms with van der Waals surface area (Å²) in [5.74, 6) is -3.99. The van der Waals surface area contributed by atoms with Gasteiger partial charge in [0.15, 0.2) is 22.2 Å². The number of H-pyrrole nitrogens is 1. The van der Waals surface area contributed by atoms with E-state index in [2.05, 4.69) is 4.98 Å². The molecule has 2 nitrogen and oxygen atoms in total. The first-order chi connectivity index (χ1) is 9.50. The molecule has 0 amide bonds. The van der Waals surface area contributed by atoms with Crippen molar-refractivity contribution < 1.29 is 13.2 Å². The Hall–Kier alpha value is -2.08. The number of benzene rings is 2. The van der Waals surface area contributed by atoms with Gasteiger partial charge in [-0.1, -0.05) is 12.1 Å². The molecule has 2 aromatic carbocycles. The lowest BCUT2D eigenvalue weighted by atomic mass is 10.2. The summed E-state index contributed by atoms with van der Waals surface area (Å²) in [6.07, 6.45) is 0. The Morgan fingerprint density at radius 1 is 1.05 bits per heavy atom. The van der Waals surface area contributed by atoms with Crippen LogP contribution in [0.5, 0.6) is 0 Å². The number of halogens is 3. The highest BCUT2D eigenvalue weighted by Crippen LogP contribution is 2.26. The third kappa shape index (κ3) is 1.76. The first kappa shape index (κ1) is 12.9. The van der Waals surface area contributed by atoms with Crippen LogP contribution in [0.1, 0.15) is 5.56 Å². The summed E-state index contributed by atoms with van der Waals surface area (Å²) >= 11 is 5.15. The summed E-state index contributed by atoms with van der Waals surface area (Å²) < 4.78 is 42.0. The number of para-hydroxylation sites is 1. The van der Waals surface area contributed by atoms with Gasteiger partial charge in [0.2, 0.25) is 0 Å². The molecule has 0 unspecified atom stereocenters. The average Bonchev–Trinajstić information content (AvgIpc) is 2.74. The molecule has 0 aliphatic rings. The molecule has 0 saturated heterocycles. The summed E-state index contributed by atoms with van der Waals surface area (Å²) in [6.45, 7) is 1.83. The Labute approximate surface area is 117 Å². The van der Waals surface area contributed by atoms with E-state index in [0.29, 0.717) is 11.0 Å². The van der Waals surface area contributed by atoms with Gasteiger partial charge in [-0.15, -0.1) is 0 Å². The number of nitrogens with one attached hydrogen (secondary N) is 1. The molecule has 0 aliphatic heterocycles. The Balaban J connectivity index is 2.45. The van der Waals surface area contributed by atoms with Crippen molar-refractivity contribution in [2.45, 2.75) is 6.92 Å². The van der Waals surface area contributed by atoms with E-state index in [1.54, 1.807) is 6.07 Å². The number of aromatic amines is 1. The van der Waals surface area contributed by atoms with Crippen LogP contribution in [0.4, 0.5) is 13.2 Å². The summed E-state index contributed by atoms with van der Waals surface area (Å²) in [5.41, 5.74) is 2.08. The minimum atomic E-state index is -1.51. The van der Waals surface area contributed by atoms with Crippen LogP contribution in [0.15, 0.2) is 30.3 Å². The van der Waals surface area contributed by atoms with Crippen molar-refractivity contribution in [2.75, 3.05) is 0 Å². The molecule has 0 fully saturated rings. The molecule has 0 radical (unpaired) electrons. The van der Waals surface area contributed by atoms with Crippen molar-refractivity contribution in [1.29, 1.82) is 0 Å². The van der Waals surface area contributed by atoms with Gasteiger partial charge in [0.05, 0.1) is 16.7 Å². The number of hydrogen-bond donors (Lipinski definition) is 1. The van der Waals surface area contributed by atoms with Gasteiger partial charge in [0.25, 0.3) is 0 Å². The van der Waals surface area contributed by atoms with Gasteiger partial charge < -0.3 is 4.98 Å². The second-order valence-corrected chi connectivity index (χ2v) is 4.82. The molecule has 6 heteroatoms. The summed E-state index contributed by atoms with van der Waals surface area (Å²) in [6, 6.07) is 7.50. The van der Waals surface area contributed by atoms with Crippen molar-refractivity contribution in [1.82, 2.24) is 9.55 Å². The fraction of sp³-hybridized carbons (Fsp3) is 0.0714. The maximum atomic E-state index is 14.0. The Morgan fingerprint density at radius 2 is 1.80 bits per heavy atom. The molecule has 3 aromatic rings. The van der Waals surface area contributed by atoms with Gasteiger partial charge in [0.1, 0.15) is 0 Å². The van der Waals surface area contributed by atoms with E-state index in [-0.39, 0.29) is 10.5 Å². The number of hydrogen-bond acceptors (Lipinski definition) is 1. The molecule has 1 aromatic heterocycles. The minimum absolute atomic E-state index is 0.116. The lowest BCUT2D eigenvalue weighted by Gasteiger charge is -2.08. The normalized spacial score (nSPS) is 11.2. The standard InChI is InChI=1S/C14H9F3N2S/c1-7-3-2-4-9-13(7)19(14(20)18-9)10-6-5-8(15)11(16)12(10)17/h2-6H,1H3,(H,18,20). The quantitative estimate of drug-likeness (QED) is 0.520. The minimum Gasteiger partial charge on any atom is -0.330 e. The topological polar surface area (TPSA) is 20.7 Å². The van der Waals surface area contributed by atoms with Crippen molar-refractivity contribution >= 4 is 23.3 Å². The number of nitrogens with zero attached hydrogens (tertiary/aromatic N) is 1. The molecule has 0 aliphatic carbocycles. The fourth-order valence-corrected chi connectivity index (χ4v) is 2.55. The number of imidazole rings is 1. The molecular weight excluding hydrogens is 285 g/mol. The van der Waals surface area contributed by atoms with Crippen LogP contribution in [-0.4, -0.2) is 9.55 Å². The molecule has 0 saturated carbocycles. The van der Waals surface area contributed by atoms with E-state index in [1.807, 2.05) is 19.1 Å². The molecule has 102 valence electrons. The molecular formula is C14H9F3N2S. The van der Waals surface area contributed by atoms with Crippen LogP contribution in [0.2, 0.25) is 0 Å². The summed E-state index contributed by atoms with van der Waals surface area (Å²) in [5, 5.41) is 0. The van der Waals surface area contributed by atoms with Gasteiger partial charge >= 0.3 is 0 Å². The van der Waals surface area contributed by atoms with Crippen LogP contribution in [0.25, 0.3) is 16.7 Å². The lowest BCUT2D eigenvalue weighted by molar-refractivity contribution is 0.445. The maximum Gasteiger partial charge on any atom is 0.196 e. The molecule has 0 bridgehead atoms. The molecule has 1 N–H and O–H groups in total. The van der Waals surface area contributed by atoms with Crippen molar-refractivity contribution in [3.05, 3.63) is 58.1 Å². The SMILES string of the molecule is Cc1cccc2[nH]c(=S)n(-c3ccc(F)c(F)c3F)c12. The number of fused-ring (bicyclic) bond motifs is 1. The van der Waals surface area contributed by atoms with Crippen LogP contribution in [0.3, 0.4) is 0 Å². The predicted octanol–water partition coefficient (Wildman–Crippen LogP) is 4.41. The zero-order chi connectivity index (χ0) is 14.4. The molecule has 1 heterocycles. The van der Waals surface area contributed by atoms with Crippen molar-refractivity contribution in [3.8, 4) is 5.69 Å². The van der Waals surface area contributed by atoms with Crippen molar-refractivity contribution in [3.63, 3.8) is 0 Å². The van der Waals surface area contributed by atoms with Gasteiger partial charge in [-0.3, -0.25) is 4.57 Å². The van der Waals surface area contributed by atoms with Gasteiger partial charge in [-0.05, 0) is 42.9 Å². The highest BCUT2D eigenvalue weighted by Gasteiger charge is 2.18. The number of aryl methyl sites for hydroxylation is 1. The molecule has 0 spiro atoms. The Morgan fingerprint density at radius 3 is 2.55 bits per heavy atom. The molecule has 20 heavy (non-hydrogen) atoms. The van der Waals surface area contributed by atoms with Crippen LogP contribution in [0, 0.1) is 29.1 Å². The van der Waals surface area contributed by atoms with E-state index in [9.17, 15) is 13.2 Å². The molecule has 0 atom stereocenters. The van der Waals surface area contributed by atoms with Crippen LogP contribution < -0.4 is 0 Å². The van der Waals surface area contributed by atoms with E-state index in [0.717, 1.165) is 11.6 Å². The van der Waals surface area contributed by atoms with Gasteiger partial charge in [0, 0.05) is 0 Å². The van der Waals surface area contributed by atoms with E-state index in [1.165, 1.54) is 10.6 Å². The highest BCUT2D eigenvalue weighted by molar-refractivity contribution is 7.71. The van der Waals surface area contributed by atoms with E-state index in [4.69, 9.17) is 12.2 Å². The van der Waals surface area contributed by atoms with E-state index >= 15 is 0 Å². The lowest BCUT2D eigenvalue weighted by Crippen LogP contribution is -2.02. The first-order valence-corrected chi connectivity index (χ1v) is 6.25. The van der Waals surface area contributed by atoms with Crippen LogP contribution >= 0.6 is 12.2 Å². The number of aromatic nitrogens is 2. The highest BCUT2D eigenvalue weighted by atomic mass is 32.1. The zero-order valence-corrected chi connectivity index (χ0v) is 11.2.